The molecular formula is C14H12N2O3. The topological polar surface area (TPSA) is 56.7 Å². The summed E-state index contributed by atoms with van der Waals surface area (Å²) >= 11 is 0. The molecule has 5 nitrogen and oxygen atoms in total. The quantitative estimate of drug-likeness (QED) is 0.675. The van der Waals surface area contributed by atoms with Crippen LogP contribution in [0.3, 0.4) is 0 Å². The van der Waals surface area contributed by atoms with Gasteiger partial charge >= 0.3 is 5.97 Å². The van der Waals surface area contributed by atoms with E-state index in [4.69, 9.17) is 9.15 Å². The molecule has 3 aromatic rings. The number of esters is 1. The first-order valence-electron chi connectivity index (χ1n) is 5.85. The zero-order valence-corrected chi connectivity index (χ0v) is 10.4. The predicted octanol–water partition coefficient (Wildman–Crippen LogP) is 2.30. The molecule has 0 aliphatic heterocycles. The highest BCUT2D eigenvalue weighted by molar-refractivity contribution is 5.88. The van der Waals surface area contributed by atoms with E-state index in [1.165, 1.54) is 7.11 Å². The molecule has 3 heterocycles. The molecule has 0 aromatic carbocycles. The molecule has 0 N–H and O–H groups in total. The van der Waals surface area contributed by atoms with Crippen molar-refractivity contribution in [1.29, 1.82) is 0 Å². The van der Waals surface area contributed by atoms with Crippen LogP contribution in [0.5, 0.6) is 0 Å². The second kappa shape index (κ2) is 4.61. The van der Waals surface area contributed by atoms with E-state index in [-0.39, 0.29) is 5.97 Å². The van der Waals surface area contributed by atoms with E-state index in [1.807, 2.05) is 24.4 Å². The van der Waals surface area contributed by atoms with E-state index < -0.39 is 0 Å². The fourth-order valence-electron chi connectivity index (χ4n) is 2.01. The Hall–Kier alpha value is -2.56. The number of carbonyl (C=O) groups is 1. The summed E-state index contributed by atoms with van der Waals surface area (Å²) < 4.78 is 11.8. The van der Waals surface area contributed by atoms with Gasteiger partial charge in [-0.15, -0.1) is 0 Å². The third-order valence-electron chi connectivity index (χ3n) is 2.87. The summed E-state index contributed by atoms with van der Waals surface area (Å²) in [6.45, 7) is 0. The zero-order valence-electron chi connectivity index (χ0n) is 10.4. The number of fused-ring (bicyclic) bond motifs is 1. The van der Waals surface area contributed by atoms with Crippen molar-refractivity contribution in [3.05, 3.63) is 59.9 Å². The highest BCUT2D eigenvalue weighted by atomic mass is 16.5. The summed E-state index contributed by atoms with van der Waals surface area (Å²) in [6.07, 6.45) is 4.05. The van der Waals surface area contributed by atoms with Crippen molar-refractivity contribution in [2.75, 3.05) is 7.11 Å². The number of imidazole rings is 1. The van der Waals surface area contributed by atoms with Crippen molar-refractivity contribution in [1.82, 2.24) is 9.38 Å². The Morgan fingerprint density at radius 1 is 1.37 bits per heavy atom. The average molecular weight is 256 g/mol. The molecule has 0 spiro atoms. The maximum Gasteiger partial charge on any atom is 0.355 e. The van der Waals surface area contributed by atoms with Gasteiger partial charge in [0, 0.05) is 12.6 Å². The molecule has 0 amide bonds. The second-order valence-corrected chi connectivity index (χ2v) is 4.12. The summed E-state index contributed by atoms with van der Waals surface area (Å²) in [7, 11) is 1.36. The number of rotatable bonds is 3. The van der Waals surface area contributed by atoms with Crippen LogP contribution in [0.15, 0.2) is 47.2 Å². The van der Waals surface area contributed by atoms with Gasteiger partial charge in [-0.2, -0.15) is 0 Å². The molecule has 3 rings (SSSR count). The van der Waals surface area contributed by atoms with Gasteiger partial charge in [-0.3, -0.25) is 4.40 Å². The Labute approximate surface area is 109 Å². The number of hydrogen-bond acceptors (Lipinski definition) is 4. The molecule has 0 fully saturated rings. The van der Waals surface area contributed by atoms with Crippen LogP contribution in [0.1, 0.15) is 21.9 Å². The van der Waals surface area contributed by atoms with Crippen molar-refractivity contribution in [3.8, 4) is 0 Å². The lowest BCUT2D eigenvalue weighted by Gasteiger charge is -2.01. The number of furan rings is 1. The Kier molecular flexibility index (Phi) is 2.79. The molecule has 5 heteroatoms. The minimum atomic E-state index is -0.382. The van der Waals surface area contributed by atoms with Gasteiger partial charge in [0.2, 0.25) is 0 Å². The molecule has 0 atom stereocenters. The van der Waals surface area contributed by atoms with Gasteiger partial charge < -0.3 is 9.15 Å². The Morgan fingerprint density at radius 2 is 2.26 bits per heavy atom. The van der Waals surface area contributed by atoms with Crippen LogP contribution in [0.25, 0.3) is 5.65 Å². The molecule has 0 unspecified atom stereocenters. The number of aromatic nitrogens is 2. The highest BCUT2D eigenvalue weighted by Gasteiger charge is 2.12. The SMILES string of the molecule is COC(=O)c1cccc2nc(Cc3ccco3)cn12. The summed E-state index contributed by atoms with van der Waals surface area (Å²) in [6, 6.07) is 9.07. The van der Waals surface area contributed by atoms with E-state index in [2.05, 4.69) is 4.98 Å². The van der Waals surface area contributed by atoms with Crippen molar-refractivity contribution in [2.24, 2.45) is 0 Å². The zero-order chi connectivity index (χ0) is 13.2. The normalized spacial score (nSPS) is 10.8. The van der Waals surface area contributed by atoms with Crippen LogP contribution in [0.4, 0.5) is 0 Å². The summed E-state index contributed by atoms with van der Waals surface area (Å²) in [5, 5.41) is 0. The maximum atomic E-state index is 11.7. The molecule has 0 saturated heterocycles. The molecule has 0 bridgehead atoms. The minimum Gasteiger partial charge on any atom is -0.469 e. The summed E-state index contributed by atoms with van der Waals surface area (Å²) in [5.41, 5.74) is 2.01. The standard InChI is InChI=1S/C14H12N2O3/c1-18-14(17)12-5-2-6-13-15-10(9-16(12)13)8-11-4-3-7-19-11/h2-7,9H,8H2,1H3. The van der Waals surface area contributed by atoms with Gasteiger partial charge in [0.1, 0.15) is 17.1 Å². The number of ether oxygens (including phenoxy) is 1. The van der Waals surface area contributed by atoms with Crippen molar-refractivity contribution in [3.63, 3.8) is 0 Å². The lowest BCUT2D eigenvalue weighted by atomic mass is 10.3. The van der Waals surface area contributed by atoms with Gasteiger partial charge in [-0.25, -0.2) is 9.78 Å². The summed E-state index contributed by atoms with van der Waals surface area (Å²) in [4.78, 5) is 16.1. The van der Waals surface area contributed by atoms with E-state index in [0.717, 1.165) is 11.5 Å². The molecule has 3 aromatic heterocycles. The van der Waals surface area contributed by atoms with Crippen LogP contribution >= 0.6 is 0 Å². The van der Waals surface area contributed by atoms with Gasteiger partial charge in [-0.05, 0) is 24.3 Å². The average Bonchev–Trinajstić information content (AvgIpc) is 3.06. The monoisotopic (exact) mass is 256 g/mol. The van der Waals surface area contributed by atoms with Crippen molar-refractivity contribution < 1.29 is 13.9 Å². The van der Waals surface area contributed by atoms with Gasteiger partial charge in [-0.1, -0.05) is 6.07 Å². The number of pyridine rings is 1. The third-order valence-corrected chi connectivity index (χ3v) is 2.87. The van der Waals surface area contributed by atoms with Crippen LogP contribution in [0, 0.1) is 0 Å². The Balaban J connectivity index is 2.03. The molecular weight excluding hydrogens is 244 g/mol. The lowest BCUT2D eigenvalue weighted by molar-refractivity contribution is 0.0592. The number of methoxy groups -OCH3 is 1. The van der Waals surface area contributed by atoms with E-state index in [0.29, 0.717) is 17.8 Å². The number of hydrogen-bond donors (Lipinski definition) is 0. The fourth-order valence-corrected chi connectivity index (χ4v) is 2.01. The molecule has 0 aliphatic carbocycles. The van der Waals surface area contributed by atoms with E-state index in [9.17, 15) is 4.79 Å². The van der Waals surface area contributed by atoms with Gasteiger partial charge in [0.05, 0.1) is 19.1 Å². The van der Waals surface area contributed by atoms with Gasteiger partial charge in [0.15, 0.2) is 0 Å². The van der Waals surface area contributed by atoms with Crippen LogP contribution in [0.2, 0.25) is 0 Å². The smallest absolute Gasteiger partial charge is 0.355 e. The van der Waals surface area contributed by atoms with Crippen LogP contribution in [-0.4, -0.2) is 22.5 Å². The Bertz CT molecular complexity index is 713. The van der Waals surface area contributed by atoms with E-state index >= 15 is 0 Å². The third kappa shape index (κ3) is 2.10. The number of carbonyl (C=O) groups excluding carboxylic acids is 1. The molecule has 0 radical (unpaired) electrons. The van der Waals surface area contributed by atoms with Gasteiger partial charge in [0.25, 0.3) is 0 Å². The van der Waals surface area contributed by atoms with Crippen LogP contribution < -0.4 is 0 Å². The Morgan fingerprint density at radius 3 is 3.00 bits per heavy atom. The lowest BCUT2D eigenvalue weighted by Crippen LogP contribution is -2.06. The highest BCUT2D eigenvalue weighted by Crippen LogP contribution is 2.13. The first kappa shape index (κ1) is 11.5. The second-order valence-electron chi connectivity index (χ2n) is 4.12. The molecule has 0 saturated carbocycles. The maximum absolute atomic E-state index is 11.7. The number of nitrogens with zero attached hydrogens (tertiary/aromatic N) is 2. The largest absolute Gasteiger partial charge is 0.469 e. The minimum absolute atomic E-state index is 0.382. The van der Waals surface area contributed by atoms with E-state index in [1.54, 1.807) is 22.8 Å². The molecule has 96 valence electrons. The van der Waals surface area contributed by atoms with Crippen LogP contribution in [-0.2, 0) is 11.2 Å². The first-order valence-corrected chi connectivity index (χ1v) is 5.85. The van der Waals surface area contributed by atoms with Crippen molar-refractivity contribution in [2.45, 2.75) is 6.42 Å². The fraction of sp³-hybridized carbons (Fsp3) is 0.143. The molecule has 19 heavy (non-hydrogen) atoms. The predicted molar refractivity (Wildman–Crippen MR) is 68.0 cm³/mol. The summed E-state index contributed by atoms with van der Waals surface area (Å²) in [5.74, 6) is 0.454. The first-order chi connectivity index (χ1) is 9.28. The molecule has 0 aliphatic rings. The van der Waals surface area contributed by atoms with Crippen molar-refractivity contribution >= 4 is 11.6 Å².